The number of hydrogen-bond donors (Lipinski definition) is 0. The Kier molecular flexibility index (Phi) is 3.71. The lowest BCUT2D eigenvalue weighted by atomic mass is 9.78. The third kappa shape index (κ3) is 2.75. The fraction of sp³-hybridized carbons (Fsp3) is 0.474. The standard InChI is InChI=1S/C19H24N6/c1-13-15-6-7-16(22-18(15)24(4)23-13)19(3)9-5-11-25(12-19)17-8-10-20-14(2)21-17/h6-8,10H,5,9,11-12H2,1-4H3/t19-/m1/s1. The van der Waals surface area contributed by atoms with E-state index in [4.69, 9.17) is 4.98 Å². The molecule has 130 valence electrons. The predicted octanol–water partition coefficient (Wildman–Crippen LogP) is 2.93. The summed E-state index contributed by atoms with van der Waals surface area (Å²) in [5.41, 5.74) is 3.14. The fourth-order valence-electron chi connectivity index (χ4n) is 3.90. The molecule has 0 amide bonds. The van der Waals surface area contributed by atoms with Gasteiger partial charge in [-0.25, -0.2) is 15.0 Å². The molecule has 0 saturated carbocycles. The van der Waals surface area contributed by atoms with Crippen LogP contribution in [0, 0.1) is 13.8 Å². The zero-order valence-electron chi connectivity index (χ0n) is 15.3. The highest BCUT2D eigenvalue weighted by atomic mass is 15.3. The molecule has 0 aliphatic carbocycles. The maximum absolute atomic E-state index is 4.98. The van der Waals surface area contributed by atoms with Gasteiger partial charge in [-0.05, 0) is 44.9 Å². The first-order valence-corrected chi connectivity index (χ1v) is 8.82. The highest BCUT2D eigenvalue weighted by Gasteiger charge is 2.35. The summed E-state index contributed by atoms with van der Waals surface area (Å²) < 4.78 is 1.88. The Morgan fingerprint density at radius 3 is 2.76 bits per heavy atom. The molecular formula is C19H24N6. The van der Waals surface area contributed by atoms with Crippen LogP contribution in [-0.4, -0.2) is 37.8 Å². The van der Waals surface area contributed by atoms with Gasteiger partial charge in [-0.1, -0.05) is 6.92 Å². The lowest BCUT2D eigenvalue weighted by molar-refractivity contribution is 0.363. The van der Waals surface area contributed by atoms with E-state index in [0.717, 1.165) is 60.0 Å². The van der Waals surface area contributed by atoms with E-state index in [9.17, 15) is 0 Å². The van der Waals surface area contributed by atoms with E-state index in [1.807, 2.05) is 37.8 Å². The van der Waals surface area contributed by atoms with Gasteiger partial charge >= 0.3 is 0 Å². The van der Waals surface area contributed by atoms with Gasteiger partial charge in [0, 0.05) is 37.1 Å². The summed E-state index contributed by atoms with van der Waals surface area (Å²) in [5.74, 6) is 1.82. The average molecular weight is 336 g/mol. The van der Waals surface area contributed by atoms with Gasteiger partial charge < -0.3 is 4.90 Å². The van der Waals surface area contributed by atoms with E-state index in [2.05, 4.69) is 39.0 Å². The number of hydrogen-bond acceptors (Lipinski definition) is 5. The summed E-state index contributed by atoms with van der Waals surface area (Å²) in [6.45, 7) is 8.22. The van der Waals surface area contributed by atoms with Crippen molar-refractivity contribution < 1.29 is 0 Å². The molecular weight excluding hydrogens is 312 g/mol. The van der Waals surface area contributed by atoms with Gasteiger partial charge in [0.25, 0.3) is 0 Å². The van der Waals surface area contributed by atoms with E-state index < -0.39 is 0 Å². The number of fused-ring (bicyclic) bond motifs is 1. The Balaban J connectivity index is 1.70. The third-order valence-corrected chi connectivity index (χ3v) is 5.27. The Bertz CT molecular complexity index is 931. The monoisotopic (exact) mass is 336 g/mol. The van der Waals surface area contributed by atoms with Crippen LogP contribution in [0.3, 0.4) is 0 Å². The number of pyridine rings is 1. The molecule has 0 spiro atoms. The van der Waals surface area contributed by atoms with E-state index in [1.165, 1.54) is 0 Å². The van der Waals surface area contributed by atoms with Crippen LogP contribution in [0.15, 0.2) is 24.4 Å². The van der Waals surface area contributed by atoms with Crippen LogP contribution in [-0.2, 0) is 12.5 Å². The summed E-state index contributed by atoms with van der Waals surface area (Å²) in [5, 5.41) is 5.63. The average Bonchev–Trinajstić information content (AvgIpc) is 2.89. The van der Waals surface area contributed by atoms with Crippen LogP contribution in [0.25, 0.3) is 11.0 Å². The first-order chi connectivity index (χ1) is 12.0. The molecule has 0 radical (unpaired) electrons. The van der Waals surface area contributed by atoms with Gasteiger partial charge in [0.1, 0.15) is 11.6 Å². The number of rotatable bonds is 2. The van der Waals surface area contributed by atoms with E-state index in [0.29, 0.717) is 0 Å². The molecule has 6 nitrogen and oxygen atoms in total. The van der Waals surface area contributed by atoms with Crippen LogP contribution in [0.1, 0.15) is 37.0 Å². The highest BCUT2D eigenvalue weighted by molar-refractivity contribution is 5.78. The van der Waals surface area contributed by atoms with Gasteiger partial charge in [-0.15, -0.1) is 0 Å². The molecule has 4 rings (SSSR count). The van der Waals surface area contributed by atoms with Crippen LogP contribution < -0.4 is 4.90 Å². The zero-order chi connectivity index (χ0) is 17.6. The largest absolute Gasteiger partial charge is 0.356 e. The van der Waals surface area contributed by atoms with Gasteiger partial charge in [0.2, 0.25) is 0 Å². The molecule has 25 heavy (non-hydrogen) atoms. The Morgan fingerprint density at radius 1 is 1.12 bits per heavy atom. The molecule has 4 heterocycles. The number of piperidine rings is 1. The second-order valence-corrected chi connectivity index (χ2v) is 7.32. The van der Waals surface area contributed by atoms with Crippen molar-refractivity contribution in [3.05, 3.63) is 41.6 Å². The zero-order valence-corrected chi connectivity index (χ0v) is 15.3. The predicted molar refractivity (Wildman–Crippen MR) is 98.8 cm³/mol. The maximum atomic E-state index is 4.98. The molecule has 0 unspecified atom stereocenters. The molecule has 1 aliphatic heterocycles. The van der Waals surface area contributed by atoms with Crippen LogP contribution in [0.4, 0.5) is 5.82 Å². The summed E-state index contributed by atoms with van der Waals surface area (Å²) in [4.78, 5) is 16.2. The molecule has 3 aromatic rings. The molecule has 1 fully saturated rings. The minimum atomic E-state index is 0.00344. The molecule has 0 N–H and O–H groups in total. The van der Waals surface area contributed by atoms with Crippen LogP contribution in [0.5, 0.6) is 0 Å². The number of anilines is 1. The molecule has 3 aromatic heterocycles. The van der Waals surface area contributed by atoms with Crippen molar-refractivity contribution in [2.75, 3.05) is 18.0 Å². The minimum Gasteiger partial charge on any atom is -0.356 e. The van der Waals surface area contributed by atoms with Crippen molar-refractivity contribution in [3.63, 3.8) is 0 Å². The molecule has 1 atom stereocenters. The van der Waals surface area contributed by atoms with Crippen molar-refractivity contribution in [3.8, 4) is 0 Å². The van der Waals surface area contributed by atoms with Crippen molar-refractivity contribution >= 4 is 16.9 Å². The van der Waals surface area contributed by atoms with Crippen molar-refractivity contribution in [2.24, 2.45) is 7.05 Å². The second kappa shape index (κ2) is 5.79. The van der Waals surface area contributed by atoms with Crippen LogP contribution >= 0.6 is 0 Å². The number of nitrogens with zero attached hydrogens (tertiary/aromatic N) is 6. The van der Waals surface area contributed by atoms with Gasteiger partial charge in [0.05, 0.1) is 11.4 Å². The van der Waals surface area contributed by atoms with Crippen molar-refractivity contribution in [2.45, 2.75) is 39.0 Å². The number of aryl methyl sites for hydroxylation is 3. The topological polar surface area (TPSA) is 59.7 Å². The number of aromatic nitrogens is 5. The summed E-state index contributed by atoms with van der Waals surface area (Å²) in [7, 11) is 1.96. The van der Waals surface area contributed by atoms with E-state index >= 15 is 0 Å². The normalized spacial score (nSPS) is 21.0. The SMILES string of the molecule is Cc1nccc(N2CCC[C@@](C)(c3ccc4c(C)nn(C)c4n3)C2)n1. The lowest BCUT2D eigenvalue weighted by Crippen LogP contribution is -2.45. The van der Waals surface area contributed by atoms with E-state index in [1.54, 1.807) is 0 Å². The fourth-order valence-corrected chi connectivity index (χ4v) is 3.90. The van der Waals surface area contributed by atoms with Crippen molar-refractivity contribution in [1.82, 2.24) is 24.7 Å². The lowest BCUT2D eigenvalue weighted by Gasteiger charge is -2.40. The summed E-state index contributed by atoms with van der Waals surface area (Å²) in [6, 6.07) is 6.34. The Morgan fingerprint density at radius 2 is 1.96 bits per heavy atom. The molecule has 1 aliphatic rings. The first kappa shape index (κ1) is 16.0. The third-order valence-electron chi connectivity index (χ3n) is 5.27. The van der Waals surface area contributed by atoms with Gasteiger partial charge in [0.15, 0.2) is 5.65 Å². The molecule has 0 bridgehead atoms. The maximum Gasteiger partial charge on any atom is 0.158 e. The Labute approximate surface area is 147 Å². The Hall–Kier alpha value is -2.50. The second-order valence-electron chi connectivity index (χ2n) is 7.32. The van der Waals surface area contributed by atoms with Crippen molar-refractivity contribution in [1.29, 1.82) is 0 Å². The van der Waals surface area contributed by atoms with Crippen LogP contribution in [0.2, 0.25) is 0 Å². The molecule has 6 heteroatoms. The molecule has 1 saturated heterocycles. The molecule has 0 aromatic carbocycles. The quantitative estimate of drug-likeness (QED) is 0.720. The summed E-state index contributed by atoms with van der Waals surface area (Å²) >= 11 is 0. The van der Waals surface area contributed by atoms with Gasteiger partial charge in [-0.3, -0.25) is 4.68 Å². The van der Waals surface area contributed by atoms with Gasteiger partial charge in [-0.2, -0.15) is 5.10 Å². The first-order valence-electron chi connectivity index (χ1n) is 8.82. The smallest absolute Gasteiger partial charge is 0.158 e. The van der Waals surface area contributed by atoms with E-state index in [-0.39, 0.29) is 5.41 Å². The summed E-state index contributed by atoms with van der Waals surface area (Å²) in [6.07, 6.45) is 4.10. The highest BCUT2D eigenvalue weighted by Crippen LogP contribution is 2.35. The minimum absolute atomic E-state index is 0.00344.